The van der Waals surface area contributed by atoms with Crippen LogP contribution in [0.4, 0.5) is 0 Å². The van der Waals surface area contributed by atoms with Crippen molar-refractivity contribution in [3.05, 3.63) is 22.6 Å². The van der Waals surface area contributed by atoms with Crippen molar-refractivity contribution in [2.75, 3.05) is 6.54 Å². The number of aliphatic hydroxyl groups excluding tert-OH is 1. The fourth-order valence-electron chi connectivity index (χ4n) is 0.983. The predicted octanol–water partition coefficient (Wildman–Crippen LogP) is 2.07. The first-order valence-electron chi connectivity index (χ1n) is 4.25. The Hall–Kier alpha value is -0.320. The third kappa shape index (κ3) is 3.14. The monoisotopic (exact) mass is 247 g/mol. The number of hydrogen-bond donors (Lipinski definition) is 2. The van der Waals surface area contributed by atoms with Gasteiger partial charge in [-0.3, -0.25) is 0 Å². The van der Waals surface area contributed by atoms with Gasteiger partial charge in [-0.15, -0.1) is 0 Å². The van der Waals surface area contributed by atoms with Crippen LogP contribution in [-0.4, -0.2) is 17.7 Å². The molecule has 0 spiro atoms. The summed E-state index contributed by atoms with van der Waals surface area (Å²) in [7, 11) is 0. The lowest BCUT2D eigenvalue weighted by molar-refractivity contribution is 0.144. The molecule has 2 N–H and O–H groups in total. The molecule has 0 bridgehead atoms. The molecule has 3 nitrogen and oxygen atoms in total. The van der Waals surface area contributed by atoms with Gasteiger partial charge >= 0.3 is 0 Å². The summed E-state index contributed by atoms with van der Waals surface area (Å²) < 4.78 is 5.93. The van der Waals surface area contributed by atoms with Gasteiger partial charge in [0.25, 0.3) is 0 Å². The van der Waals surface area contributed by atoms with Crippen molar-refractivity contribution in [1.29, 1.82) is 0 Å². The van der Waals surface area contributed by atoms with Gasteiger partial charge in [0.1, 0.15) is 11.9 Å². The topological polar surface area (TPSA) is 45.4 Å². The molecule has 0 radical (unpaired) electrons. The highest BCUT2D eigenvalue weighted by Crippen LogP contribution is 2.23. The van der Waals surface area contributed by atoms with E-state index in [2.05, 4.69) is 21.2 Å². The molecule has 1 aromatic rings. The van der Waals surface area contributed by atoms with E-state index in [-0.39, 0.29) is 0 Å². The van der Waals surface area contributed by atoms with Crippen molar-refractivity contribution in [3.63, 3.8) is 0 Å². The largest absolute Gasteiger partial charge is 0.465 e. The van der Waals surface area contributed by atoms with E-state index >= 15 is 0 Å². The Morgan fingerprint density at radius 2 is 2.31 bits per heavy atom. The number of halogens is 1. The Kier molecular flexibility index (Phi) is 3.96. The quantitative estimate of drug-likeness (QED) is 0.857. The summed E-state index contributed by atoms with van der Waals surface area (Å²) in [6, 6.07) is 2.14. The maximum atomic E-state index is 9.65. The molecule has 1 unspecified atom stereocenters. The van der Waals surface area contributed by atoms with Crippen LogP contribution >= 0.6 is 15.9 Å². The molecule has 0 saturated carbocycles. The summed E-state index contributed by atoms with van der Waals surface area (Å²) in [5.74, 6) is 0.577. The molecule has 4 heteroatoms. The molecular weight excluding hydrogens is 234 g/mol. The third-order valence-corrected chi connectivity index (χ3v) is 2.32. The predicted molar refractivity (Wildman–Crippen MR) is 54.5 cm³/mol. The minimum Gasteiger partial charge on any atom is -0.465 e. The summed E-state index contributed by atoms with van der Waals surface area (Å²) >= 11 is 3.29. The normalized spacial score (nSPS) is 13.6. The van der Waals surface area contributed by atoms with E-state index in [1.807, 2.05) is 13.8 Å². The summed E-state index contributed by atoms with van der Waals surface area (Å²) in [5, 5.41) is 12.8. The van der Waals surface area contributed by atoms with Crippen molar-refractivity contribution in [2.45, 2.75) is 26.0 Å². The van der Waals surface area contributed by atoms with Crippen LogP contribution in [0.2, 0.25) is 0 Å². The fraction of sp³-hybridized carbons (Fsp3) is 0.556. The van der Waals surface area contributed by atoms with Gasteiger partial charge in [-0.25, -0.2) is 0 Å². The van der Waals surface area contributed by atoms with Gasteiger partial charge < -0.3 is 14.8 Å². The van der Waals surface area contributed by atoms with E-state index in [4.69, 9.17) is 4.42 Å². The summed E-state index contributed by atoms with van der Waals surface area (Å²) in [6.45, 7) is 4.57. The minimum atomic E-state index is -0.591. The van der Waals surface area contributed by atoms with Crippen molar-refractivity contribution >= 4 is 15.9 Å². The van der Waals surface area contributed by atoms with E-state index in [1.165, 1.54) is 0 Å². The summed E-state index contributed by atoms with van der Waals surface area (Å²) in [4.78, 5) is 0. The van der Waals surface area contributed by atoms with Crippen LogP contribution in [0, 0.1) is 0 Å². The maximum absolute atomic E-state index is 9.65. The molecule has 0 amide bonds. The minimum absolute atomic E-state index is 0.364. The van der Waals surface area contributed by atoms with E-state index < -0.39 is 6.10 Å². The highest BCUT2D eigenvalue weighted by molar-refractivity contribution is 9.10. The zero-order chi connectivity index (χ0) is 9.84. The number of furan rings is 1. The van der Waals surface area contributed by atoms with Crippen LogP contribution in [0.1, 0.15) is 25.7 Å². The second-order valence-corrected chi connectivity index (χ2v) is 4.07. The number of rotatable bonds is 4. The standard InChI is InChI=1S/C9H14BrNO2/c1-6(2)11-5-8(12)9-7(10)3-4-13-9/h3-4,6,8,11-12H,5H2,1-2H3. The van der Waals surface area contributed by atoms with E-state index in [0.717, 1.165) is 4.47 Å². The summed E-state index contributed by atoms with van der Waals surface area (Å²) in [6.07, 6.45) is 0.963. The second kappa shape index (κ2) is 4.79. The smallest absolute Gasteiger partial charge is 0.147 e. The Labute approximate surface area is 86.3 Å². The van der Waals surface area contributed by atoms with E-state index in [0.29, 0.717) is 18.3 Å². The van der Waals surface area contributed by atoms with Crippen molar-refractivity contribution in [2.24, 2.45) is 0 Å². The van der Waals surface area contributed by atoms with Gasteiger partial charge in [-0.1, -0.05) is 13.8 Å². The first-order chi connectivity index (χ1) is 6.11. The third-order valence-electron chi connectivity index (χ3n) is 1.67. The first kappa shape index (κ1) is 10.8. The Morgan fingerprint density at radius 1 is 1.62 bits per heavy atom. The lowest BCUT2D eigenvalue weighted by atomic mass is 10.2. The molecule has 0 fully saturated rings. The molecule has 1 rings (SSSR count). The van der Waals surface area contributed by atoms with E-state index in [1.54, 1.807) is 12.3 Å². The van der Waals surface area contributed by atoms with Crippen LogP contribution in [0.3, 0.4) is 0 Å². The van der Waals surface area contributed by atoms with Gasteiger partial charge in [0, 0.05) is 12.6 Å². The summed E-state index contributed by atoms with van der Waals surface area (Å²) in [5.41, 5.74) is 0. The molecule has 0 aliphatic rings. The molecule has 1 heterocycles. The van der Waals surface area contributed by atoms with Gasteiger partial charge in [-0.05, 0) is 22.0 Å². The van der Waals surface area contributed by atoms with Gasteiger partial charge in [-0.2, -0.15) is 0 Å². The average molecular weight is 248 g/mol. The maximum Gasteiger partial charge on any atom is 0.147 e. The Bertz CT molecular complexity index is 260. The zero-order valence-corrected chi connectivity index (χ0v) is 9.34. The molecule has 74 valence electrons. The molecule has 0 aromatic carbocycles. The molecule has 1 atom stereocenters. The van der Waals surface area contributed by atoms with Gasteiger partial charge in [0.2, 0.25) is 0 Å². The lowest BCUT2D eigenvalue weighted by Gasteiger charge is -2.12. The SMILES string of the molecule is CC(C)NCC(O)c1occc1Br. The van der Waals surface area contributed by atoms with Crippen LogP contribution in [0.15, 0.2) is 21.2 Å². The highest BCUT2D eigenvalue weighted by atomic mass is 79.9. The molecule has 0 saturated heterocycles. The van der Waals surface area contributed by atoms with Gasteiger partial charge in [0.15, 0.2) is 0 Å². The molecule has 13 heavy (non-hydrogen) atoms. The van der Waals surface area contributed by atoms with Crippen molar-refractivity contribution < 1.29 is 9.52 Å². The number of aliphatic hydroxyl groups is 1. The Balaban J connectivity index is 2.49. The molecule has 1 aromatic heterocycles. The van der Waals surface area contributed by atoms with E-state index in [9.17, 15) is 5.11 Å². The van der Waals surface area contributed by atoms with Crippen molar-refractivity contribution in [3.8, 4) is 0 Å². The zero-order valence-electron chi connectivity index (χ0n) is 7.75. The number of hydrogen-bond acceptors (Lipinski definition) is 3. The van der Waals surface area contributed by atoms with Crippen LogP contribution in [0.25, 0.3) is 0 Å². The molecule has 0 aliphatic heterocycles. The number of nitrogens with one attached hydrogen (secondary N) is 1. The lowest BCUT2D eigenvalue weighted by Crippen LogP contribution is -2.27. The first-order valence-corrected chi connectivity index (χ1v) is 5.05. The Morgan fingerprint density at radius 3 is 2.77 bits per heavy atom. The van der Waals surface area contributed by atoms with Crippen LogP contribution in [0.5, 0.6) is 0 Å². The molecule has 0 aliphatic carbocycles. The van der Waals surface area contributed by atoms with Gasteiger partial charge in [0.05, 0.1) is 10.7 Å². The average Bonchev–Trinajstić information content (AvgIpc) is 2.47. The van der Waals surface area contributed by atoms with Crippen LogP contribution in [-0.2, 0) is 0 Å². The highest BCUT2D eigenvalue weighted by Gasteiger charge is 2.14. The van der Waals surface area contributed by atoms with Crippen molar-refractivity contribution in [1.82, 2.24) is 5.32 Å². The fourth-order valence-corrected chi connectivity index (χ4v) is 1.45. The second-order valence-electron chi connectivity index (χ2n) is 3.21. The van der Waals surface area contributed by atoms with Crippen LogP contribution < -0.4 is 5.32 Å². The molecular formula is C9H14BrNO2.